The van der Waals surface area contributed by atoms with E-state index >= 15 is 0 Å². The van der Waals surface area contributed by atoms with Gasteiger partial charge in [0.25, 0.3) is 5.91 Å². The fraction of sp³-hybridized carbons (Fsp3) is 0.292. The highest BCUT2D eigenvalue weighted by atomic mass is 19.1. The Balaban J connectivity index is 1.68. The molecule has 6 heteroatoms. The van der Waals surface area contributed by atoms with Crippen LogP contribution in [0.2, 0.25) is 0 Å². The number of carbonyl (C=O) groups excluding carboxylic acids is 1. The zero-order valence-electron chi connectivity index (χ0n) is 17.3. The molecule has 30 heavy (non-hydrogen) atoms. The van der Waals surface area contributed by atoms with E-state index in [1.165, 1.54) is 12.1 Å². The third-order valence-corrected chi connectivity index (χ3v) is 5.48. The van der Waals surface area contributed by atoms with Crippen molar-refractivity contribution in [2.45, 2.75) is 18.8 Å². The van der Waals surface area contributed by atoms with Gasteiger partial charge in [0.05, 0.1) is 5.69 Å². The zero-order valence-corrected chi connectivity index (χ0v) is 17.3. The number of rotatable bonds is 4. The highest BCUT2D eigenvalue weighted by molar-refractivity contribution is 5.94. The maximum absolute atomic E-state index is 13.4. The number of halogens is 1. The van der Waals surface area contributed by atoms with Gasteiger partial charge in [0.1, 0.15) is 5.82 Å². The number of piperidine rings is 1. The molecule has 0 N–H and O–H groups in total. The van der Waals surface area contributed by atoms with Gasteiger partial charge in [0.2, 0.25) is 5.95 Å². The summed E-state index contributed by atoms with van der Waals surface area (Å²) in [6.07, 6.45) is 3.66. The van der Waals surface area contributed by atoms with Crippen molar-refractivity contribution in [1.29, 1.82) is 0 Å². The maximum Gasteiger partial charge on any atom is 0.253 e. The van der Waals surface area contributed by atoms with E-state index in [-0.39, 0.29) is 17.6 Å². The molecule has 154 valence electrons. The second-order valence-electron chi connectivity index (χ2n) is 7.83. The van der Waals surface area contributed by atoms with E-state index in [4.69, 9.17) is 4.98 Å². The van der Waals surface area contributed by atoms with E-state index in [9.17, 15) is 9.18 Å². The topological polar surface area (TPSA) is 49.3 Å². The third kappa shape index (κ3) is 4.17. The smallest absolute Gasteiger partial charge is 0.253 e. The van der Waals surface area contributed by atoms with E-state index < -0.39 is 0 Å². The summed E-state index contributed by atoms with van der Waals surface area (Å²) in [4.78, 5) is 26.1. The molecule has 1 unspecified atom stereocenters. The van der Waals surface area contributed by atoms with Crippen LogP contribution in [0.5, 0.6) is 0 Å². The summed E-state index contributed by atoms with van der Waals surface area (Å²) in [5.74, 6) is 0.490. The summed E-state index contributed by atoms with van der Waals surface area (Å²) in [5, 5.41) is 0. The van der Waals surface area contributed by atoms with Gasteiger partial charge in [0, 0.05) is 50.4 Å². The van der Waals surface area contributed by atoms with Gasteiger partial charge < -0.3 is 9.80 Å². The largest absolute Gasteiger partial charge is 0.347 e. The van der Waals surface area contributed by atoms with Crippen LogP contribution in [0.15, 0.2) is 60.8 Å². The molecule has 0 spiro atoms. The molecule has 1 aliphatic rings. The lowest BCUT2D eigenvalue weighted by molar-refractivity contribution is 0.0706. The standard InChI is InChI=1S/C24H25FN4O/c1-28(2)24-26-15-21(17-10-12-20(25)13-11-17)22(27-24)19-9-6-14-29(16-19)23(30)18-7-4-3-5-8-18/h3-5,7-8,10-13,15,19H,6,9,14,16H2,1-2H3. The molecule has 1 fully saturated rings. The lowest BCUT2D eigenvalue weighted by Gasteiger charge is -2.33. The van der Waals surface area contributed by atoms with Crippen LogP contribution in [0.1, 0.15) is 34.8 Å². The Kier molecular flexibility index (Phi) is 5.74. The number of nitrogens with zero attached hydrogens (tertiary/aromatic N) is 4. The van der Waals surface area contributed by atoms with Gasteiger partial charge in [-0.05, 0) is 42.7 Å². The molecule has 0 aliphatic carbocycles. The summed E-state index contributed by atoms with van der Waals surface area (Å²) in [7, 11) is 3.81. The lowest BCUT2D eigenvalue weighted by atomic mass is 9.89. The van der Waals surface area contributed by atoms with E-state index in [0.29, 0.717) is 18.1 Å². The SMILES string of the molecule is CN(C)c1ncc(-c2ccc(F)cc2)c(C2CCCN(C(=O)c3ccccc3)C2)n1. The van der Waals surface area contributed by atoms with Gasteiger partial charge in [-0.1, -0.05) is 30.3 Å². The Hall–Kier alpha value is -3.28. The summed E-state index contributed by atoms with van der Waals surface area (Å²) in [6, 6.07) is 15.8. The van der Waals surface area contributed by atoms with Crippen molar-refractivity contribution < 1.29 is 9.18 Å². The van der Waals surface area contributed by atoms with Gasteiger partial charge in [-0.15, -0.1) is 0 Å². The molecule has 1 aliphatic heterocycles. The predicted molar refractivity (Wildman–Crippen MR) is 116 cm³/mol. The van der Waals surface area contributed by atoms with E-state index in [2.05, 4.69) is 4.98 Å². The molecule has 3 aromatic rings. The first-order valence-electron chi connectivity index (χ1n) is 10.2. The van der Waals surface area contributed by atoms with Crippen LogP contribution in [0.25, 0.3) is 11.1 Å². The highest BCUT2D eigenvalue weighted by Crippen LogP contribution is 2.34. The number of likely N-dealkylation sites (tertiary alicyclic amines) is 1. The average Bonchev–Trinajstić information content (AvgIpc) is 2.79. The minimum Gasteiger partial charge on any atom is -0.347 e. The Morgan fingerprint density at radius 1 is 1.10 bits per heavy atom. The van der Waals surface area contributed by atoms with Crippen molar-refractivity contribution >= 4 is 11.9 Å². The maximum atomic E-state index is 13.4. The number of benzene rings is 2. The summed E-state index contributed by atoms with van der Waals surface area (Å²) in [5.41, 5.74) is 3.38. The van der Waals surface area contributed by atoms with Gasteiger partial charge >= 0.3 is 0 Å². The van der Waals surface area contributed by atoms with Crippen molar-refractivity contribution in [3.8, 4) is 11.1 Å². The second kappa shape index (κ2) is 8.61. The Bertz CT molecular complexity index is 1020. The molecule has 4 rings (SSSR count). The molecule has 2 aromatic carbocycles. The first kappa shape index (κ1) is 20.0. The number of aromatic nitrogens is 2. The van der Waals surface area contributed by atoms with Crippen molar-refractivity contribution in [3.63, 3.8) is 0 Å². The highest BCUT2D eigenvalue weighted by Gasteiger charge is 2.28. The van der Waals surface area contributed by atoms with Crippen LogP contribution in [0.4, 0.5) is 10.3 Å². The monoisotopic (exact) mass is 404 g/mol. The molecule has 0 radical (unpaired) electrons. The van der Waals surface area contributed by atoms with Crippen LogP contribution in [0, 0.1) is 5.82 Å². The molecule has 1 amide bonds. The van der Waals surface area contributed by atoms with E-state index in [1.807, 2.05) is 60.4 Å². The molecule has 1 atom stereocenters. The lowest BCUT2D eigenvalue weighted by Crippen LogP contribution is -2.39. The quantitative estimate of drug-likeness (QED) is 0.648. The number of carbonyl (C=O) groups is 1. The average molecular weight is 404 g/mol. The van der Waals surface area contributed by atoms with Gasteiger partial charge in [-0.3, -0.25) is 4.79 Å². The molecule has 2 heterocycles. The normalized spacial score (nSPS) is 16.4. The fourth-order valence-electron chi connectivity index (χ4n) is 3.91. The third-order valence-electron chi connectivity index (χ3n) is 5.48. The molecule has 0 bridgehead atoms. The Labute approximate surface area is 176 Å². The van der Waals surface area contributed by atoms with Crippen molar-refractivity contribution in [2.24, 2.45) is 0 Å². The fourth-order valence-corrected chi connectivity index (χ4v) is 3.91. The van der Waals surface area contributed by atoms with Gasteiger partial charge in [0.15, 0.2) is 0 Å². The summed E-state index contributed by atoms with van der Waals surface area (Å²) < 4.78 is 13.4. The molecule has 0 saturated carbocycles. The van der Waals surface area contributed by atoms with E-state index in [0.717, 1.165) is 36.2 Å². The molecular weight excluding hydrogens is 379 g/mol. The first-order chi connectivity index (χ1) is 14.5. The second-order valence-corrected chi connectivity index (χ2v) is 7.83. The van der Waals surface area contributed by atoms with Crippen LogP contribution >= 0.6 is 0 Å². The zero-order chi connectivity index (χ0) is 21.1. The minimum absolute atomic E-state index is 0.0468. The first-order valence-corrected chi connectivity index (χ1v) is 10.2. The summed E-state index contributed by atoms with van der Waals surface area (Å²) in [6.45, 7) is 1.34. The Morgan fingerprint density at radius 3 is 2.53 bits per heavy atom. The number of amides is 1. The number of hydrogen-bond donors (Lipinski definition) is 0. The number of anilines is 1. The van der Waals surface area contributed by atoms with Crippen LogP contribution in [-0.2, 0) is 0 Å². The number of hydrogen-bond acceptors (Lipinski definition) is 4. The van der Waals surface area contributed by atoms with Gasteiger partial charge in [-0.2, -0.15) is 0 Å². The van der Waals surface area contributed by atoms with Gasteiger partial charge in [-0.25, -0.2) is 14.4 Å². The van der Waals surface area contributed by atoms with Crippen LogP contribution in [0.3, 0.4) is 0 Å². The van der Waals surface area contributed by atoms with E-state index in [1.54, 1.807) is 12.1 Å². The van der Waals surface area contributed by atoms with Crippen molar-refractivity contribution in [3.05, 3.63) is 77.9 Å². The predicted octanol–water partition coefficient (Wildman–Crippen LogP) is 4.37. The molecule has 1 saturated heterocycles. The minimum atomic E-state index is -0.275. The molecule has 1 aromatic heterocycles. The van der Waals surface area contributed by atoms with Crippen LogP contribution < -0.4 is 4.90 Å². The molecule has 5 nitrogen and oxygen atoms in total. The van der Waals surface area contributed by atoms with Crippen molar-refractivity contribution in [1.82, 2.24) is 14.9 Å². The van der Waals surface area contributed by atoms with Crippen LogP contribution in [-0.4, -0.2) is 48.0 Å². The molecular formula is C24H25FN4O. The Morgan fingerprint density at radius 2 is 1.83 bits per heavy atom. The van der Waals surface area contributed by atoms with Crippen molar-refractivity contribution in [2.75, 3.05) is 32.1 Å². The summed E-state index contributed by atoms with van der Waals surface area (Å²) >= 11 is 0.